The Kier molecular flexibility index (Phi) is 10.2. The first-order valence-electron chi connectivity index (χ1n) is 9.56. The van der Waals surface area contributed by atoms with Crippen LogP contribution in [-0.2, 0) is 20.8 Å². The van der Waals surface area contributed by atoms with Gasteiger partial charge in [0.2, 0.25) is 11.8 Å². The van der Waals surface area contributed by atoms with Crippen molar-refractivity contribution in [2.45, 2.75) is 64.1 Å². The molecule has 0 spiro atoms. The van der Waals surface area contributed by atoms with Gasteiger partial charge in [-0.1, -0.05) is 20.3 Å². The maximum atomic E-state index is 12.7. The SMILES string of the molecule is CCC(C)C(N)C(=O)NC(CCCCN)C(=O)NC(Cc1cnc[nH]1)C(=O)O. The topological polar surface area (TPSA) is 176 Å². The van der Waals surface area contributed by atoms with Gasteiger partial charge in [-0.25, -0.2) is 9.78 Å². The fourth-order valence-electron chi connectivity index (χ4n) is 2.63. The van der Waals surface area contributed by atoms with Crippen LogP contribution in [0.4, 0.5) is 0 Å². The van der Waals surface area contributed by atoms with Gasteiger partial charge in [0.1, 0.15) is 12.1 Å². The van der Waals surface area contributed by atoms with E-state index in [0.29, 0.717) is 31.5 Å². The minimum Gasteiger partial charge on any atom is -0.480 e. The number of carbonyl (C=O) groups is 3. The van der Waals surface area contributed by atoms with Crippen LogP contribution in [-0.4, -0.2) is 57.5 Å². The number of nitrogens with zero attached hydrogens (tertiary/aromatic N) is 1. The van der Waals surface area contributed by atoms with Crippen LogP contribution < -0.4 is 22.1 Å². The van der Waals surface area contributed by atoms with E-state index in [-0.39, 0.29) is 12.3 Å². The molecule has 4 atom stereocenters. The molecule has 0 radical (unpaired) electrons. The standard InChI is InChI=1S/C18H32N6O4/c1-3-11(2)15(20)17(26)23-13(6-4-5-7-19)16(25)24-14(18(27)28)8-12-9-21-10-22-12/h9-11,13-15H,3-8,19-20H2,1-2H3,(H,21,22)(H,23,26)(H,24,25)(H,27,28). The molecule has 28 heavy (non-hydrogen) atoms. The predicted octanol–water partition coefficient (Wildman–Crippen LogP) is -0.491. The molecule has 8 N–H and O–H groups in total. The molecule has 2 amide bonds. The molecule has 0 aliphatic carbocycles. The minimum absolute atomic E-state index is 0.0418. The lowest BCUT2D eigenvalue weighted by atomic mass is 9.98. The molecule has 1 aromatic heterocycles. The van der Waals surface area contributed by atoms with E-state index >= 15 is 0 Å². The molecule has 0 bridgehead atoms. The molecule has 10 nitrogen and oxygen atoms in total. The summed E-state index contributed by atoms with van der Waals surface area (Å²) in [6.45, 7) is 4.25. The number of nitrogens with one attached hydrogen (secondary N) is 3. The monoisotopic (exact) mass is 396 g/mol. The summed E-state index contributed by atoms with van der Waals surface area (Å²) < 4.78 is 0. The van der Waals surface area contributed by atoms with Gasteiger partial charge < -0.3 is 32.2 Å². The third-order valence-electron chi connectivity index (χ3n) is 4.73. The van der Waals surface area contributed by atoms with Crippen LogP contribution in [0.1, 0.15) is 45.2 Å². The van der Waals surface area contributed by atoms with Crippen molar-refractivity contribution in [3.8, 4) is 0 Å². The highest BCUT2D eigenvalue weighted by Crippen LogP contribution is 2.08. The van der Waals surface area contributed by atoms with Gasteiger partial charge in [-0.05, 0) is 31.7 Å². The number of carboxylic acids is 1. The molecule has 0 fully saturated rings. The summed E-state index contributed by atoms with van der Waals surface area (Å²) in [5.74, 6) is -2.21. The van der Waals surface area contributed by atoms with Crippen LogP contribution in [0.3, 0.4) is 0 Å². The lowest BCUT2D eigenvalue weighted by molar-refractivity contribution is -0.142. The number of aromatic amines is 1. The van der Waals surface area contributed by atoms with Gasteiger partial charge in [0, 0.05) is 18.3 Å². The third-order valence-corrected chi connectivity index (χ3v) is 4.73. The van der Waals surface area contributed by atoms with Crippen molar-refractivity contribution in [1.29, 1.82) is 0 Å². The average Bonchev–Trinajstić information content (AvgIpc) is 3.18. The van der Waals surface area contributed by atoms with Crippen LogP contribution in [0.15, 0.2) is 12.5 Å². The number of unbranched alkanes of at least 4 members (excludes halogenated alkanes) is 1. The van der Waals surface area contributed by atoms with Gasteiger partial charge in [-0.2, -0.15) is 0 Å². The maximum absolute atomic E-state index is 12.7. The fourth-order valence-corrected chi connectivity index (χ4v) is 2.63. The first-order valence-corrected chi connectivity index (χ1v) is 9.56. The Morgan fingerprint density at radius 1 is 1.21 bits per heavy atom. The lowest BCUT2D eigenvalue weighted by Gasteiger charge is -2.24. The van der Waals surface area contributed by atoms with E-state index in [1.807, 2.05) is 13.8 Å². The van der Waals surface area contributed by atoms with E-state index in [4.69, 9.17) is 11.5 Å². The maximum Gasteiger partial charge on any atom is 0.326 e. The van der Waals surface area contributed by atoms with E-state index < -0.39 is 35.9 Å². The van der Waals surface area contributed by atoms with Crippen LogP contribution in [0.2, 0.25) is 0 Å². The van der Waals surface area contributed by atoms with Gasteiger partial charge in [-0.15, -0.1) is 0 Å². The van der Waals surface area contributed by atoms with Crippen LogP contribution in [0, 0.1) is 5.92 Å². The largest absolute Gasteiger partial charge is 0.480 e. The fraction of sp³-hybridized carbons (Fsp3) is 0.667. The number of aromatic nitrogens is 2. The summed E-state index contributed by atoms with van der Waals surface area (Å²) in [4.78, 5) is 43.3. The van der Waals surface area contributed by atoms with Crippen molar-refractivity contribution in [3.05, 3.63) is 18.2 Å². The number of hydrogen-bond donors (Lipinski definition) is 6. The van der Waals surface area contributed by atoms with Crippen molar-refractivity contribution < 1.29 is 19.5 Å². The zero-order chi connectivity index (χ0) is 21.1. The summed E-state index contributed by atoms with van der Waals surface area (Å²) in [7, 11) is 0. The van der Waals surface area contributed by atoms with Gasteiger partial charge in [0.25, 0.3) is 0 Å². The Morgan fingerprint density at radius 2 is 1.89 bits per heavy atom. The highest BCUT2D eigenvalue weighted by atomic mass is 16.4. The molecule has 0 saturated carbocycles. The Balaban J connectivity index is 2.81. The van der Waals surface area contributed by atoms with Crippen molar-refractivity contribution >= 4 is 17.8 Å². The Hall–Kier alpha value is -2.46. The van der Waals surface area contributed by atoms with Crippen molar-refractivity contribution in [2.75, 3.05) is 6.54 Å². The van der Waals surface area contributed by atoms with Gasteiger partial charge in [-0.3, -0.25) is 9.59 Å². The zero-order valence-electron chi connectivity index (χ0n) is 16.5. The highest BCUT2D eigenvalue weighted by molar-refractivity contribution is 5.91. The predicted molar refractivity (Wildman–Crippen MR) is 104 cm³/mol. The Morgan fingerprint density at radius 3 is 2.43 bits per heavy atom. The van der Waals surface area contributed by atoms with E-state index in [1.54, 1.807) is 0 Å². The first kappa shape index (κ1) is 23.6. The number of imidazole rings is 1. The number of hydrogen-bond acceptors (Lipinski definition) is 6. The molecule has 0 aromatic carbocycles. The lowest BCUT2D eigenvalue weighted by Crippen LogP contribution is -2.55. The number of H-pyrrole nitrogens is 1. The quantitative estimate of drug-likeness (QED) is 0.244. The molecule has 1 aromatic rings. The molecule has 0 saturated heterocycles. The number of rotatable bonds is 13. The summed E-state index contributed by atoms with van der Waals surface area (Å²) >= 11 is 0. The first-order chi connectivity index (χ1) is 13.3. The second kappa shape index (κ2) is 12.1. The molecular weight excluding hydrogens is 364 g/mol. The summed E-state index contributed by atoms with van der Waals surface area (Å²) in [5, 5.41) is 14.6. The van der Waals surface area contributed by atoms with Gasteiger partial charge in [0.05, 0.1) is 12.4 Å². The summed E-state index contributed by atoms with van der Waals surface area (Å²) in [6.07, 6.45) is 5.36. The number of carboxylic acid groups (broad SMARTS) is 1. The van der Waals surface area contributed by atoms with Crippen molar-refractivity contribution in [2.24, 2.45) is 17.4 Å². The molecular formula is C18H32N6O4. The normalized spacial score (nSPS) is 15.3. The van der Waals surface area contributed by atoms with Crippen LogP contribution in [0.5, 0.6) is 0 Å². The number of carbonyl (C=O) groups excluding carboxylic acids is 2. The smallest absolute Gasteiger partial charge is 0.326 e. The van der Waals surface area contributed by atoms with Crippen molar-refractivity contribution in [3.63, 3.8) is 0 Å². The van der Waals surface area contributed by atoms with Gasteiger partial charge >= 0.3 is 5.97 Å². The zero-order valence-corrected chi connectivity index (χ0v) is 16.5. The van der Waals surface area contributed by atoms with E-state index in [0.717, 1.165) is 6.42 Å². The number of nitrogens with two attached hydrogens (primary N) is 2. The molecule has 1 rings (SSSR count). The molecule has 4 unspecified atom stereocenters. The Labute approximate surface area is 164 Å². The number of aliphatic carboxylic acids is 1. The van der Waals surface area contributed by atoms with Crippen molar-refractivity contribution in [1.82, 2.24) is 20.6 Å². The molecule has 0 aliphatic rings. The number of amides is 2. The average molecular weight is 396 g/mol. The summed E-state index contributed by atoms with van der Waals surface area (Å²) in [5.41, 5.74) is 12.0. The highest BCUT2D eigenvalue weighted by Gasteiger charge is 2.29. The third kappa shape index (κ3) is 7.65. The van der Waals surface area contributed by atoms with Crippen LogP contribution in [0.25, 0.3) is 0 Å². The van der Waals surface area contributed by atoms with Gasteiger partial charge in [0.15, 0.2) is 0 Å². The minimum atomic E-state index is -1.17. The van der Waals surface area contributed by atoms with E-state index in [9.17, 15) is 19.5 Å². The molecule has 0 aliphatic heterocycles. The molecule has 158 valence electrons. The van der Waals surface area contributed by atoms with Crippen LogP contribution >= 0.6 is 0 Å². The molecule has 10 heteroatoms. The second-order valence-corrected chi connectivity index (χ2v) is 6.94. The molecule has 1 heterocycles. The van der Waals surface area contributed by atoms with E-state index in [2.05, 4.69) is 20.6 Å². The Bertz CT molecular complexity index is 622. The van der Waals surface area contributed by atoms with E-state index in [1.165, 1.54) is 12.5 Å². The summed E-state index contributed by atoms with van der Waals surface area (Å²) in [6, 6.07) is -2.77. The second-order valence-electron chi connectivity index (χ2n) is 6.94.